The lowest BCUT2D eigenvalue weighted by Gasteiger charge is -2.24. The maximum atomic E-state index is 12.8. The summed E-state index contributed by atoms with van der Waals surface area (Å²) < 4.78 is 33.2. The van der Waals surface area contributed by atoms with Crippen LogP contribution >= 0.6 is 0 Å². The third-order valence-corrected chi connectivity index (χ3v) is 5.38. The molecule has 0 aliphatic carbocycles. The first-order chi connectivity index (χ1) is 14.0. The third kappa shape index (κ3) is 6.90. The van der Waals surface area contributed by atoms with Crippen molar-refractivity contribution in [2.45, 2.75) is 43.9 Å². The number of nitro groups is 1. The lowest BCUT2D eigenvalue weighted by Crippen LogP contribution is -2.49. The zero-order valence-electron chi connectivity index (χ0n) is 17.0. The van der Waals surface area contributed by atoms with E-state index in [1.807, 2.05) is 30.3 Å². The van der Waals surface area contributed by atoms with Gasteiger partial charge in [0.1, 0.15) is 11.6 Å². The van der Waals surface area contributed by atoms with Gasteiger partial charge in [-0.25, -0.2) is 8.42 Å². The topological polar surface area (TPSA) is 128 Å². The van der Waals surface area contributed by atoms with Crippen molar-refractivity contribution in [3.05, 3.63) is 70.3 Å². The van der Waals surface area contributed by atoms with E-state index in [1.165, 1.54) is 12.1 Å². The number of hydrogen-bond donors (Lipinski definition) is 2. The lowest BCUT2D eigenvalue weighted by atomic mass is 10.2. The number of carbonyl (C=O) groups is 1. The van der Waals surface area contributed by atoms with Crippen molar-refractivity contribution in [2.75, 3.05) is 6.54 Å². The molecule has 1 atom stereocenters. The molecule has 2 aromatic carbocycles. The molecular formula is C20H25N3O6S. The zero-order valence-corrected chi connectivity index (χ0v) is 17.8. The van der Waals surface area contributed by atoms with E-state index in [9.17, 15) is 23.3 Å². The molecule has 0 fully saturated rings. The number of sulfonamides is 1. The molecule has 10 heteroatoms. The lowest BCUT2D eigenvalue weighted by molar-refractivity contribution is -0.387. The molecular weight excluding hydrogens is 410 g/mol. The van der Waals surface area contributed by atoms with Gasteiger partial charge in [0.05, 0.1) is 4.92 Å². The molecule has 0 bridgehead atoms. The minimum absolute atomic E-state index is 0.0658. The highest BCUT2D eigenvalue weighted by molar-refractivity contribution is 7.89. The number of benzene rings is 2. The summed E-state index contributed by atoms with van der Waals surface area (Å²) >= 11 is 0. The quantitative estimate of drug-likeness (QED) is 0.352. The minimum atomic E-state index is -4.36. The van der Waals surface area contributed by atoms with Gasteiger partial charge in [0.25, 0.3) is 5.69 Å². The number of hydrogen-bond acceptors (Lipinski definition) is 7. The first-order valence-electron chi connectivity index (χ1n) is 9.23. The molecule has 2 aromatic rings. The molecule has 0 aromatic heterocycles. The van der Waals surface area contributed by atoms with Crippen LogP contribution in [0.25, 0.3) is 0 Å². The fraction of sp³-hybridized carbons (Fsp3) is 0.350. The Morgan fingerprint density at radius 2 is 1.70 bits per heavy atom. The van der Waals surface area contributed by atoms with Gasteiger partial charge in [-0.05, 0) is 32.4 Å². The van der Waals surface area contributed by atoms with Crippen LogP contribution in [0, 0.1) is 10.1 Å². The summed E-state index contributed by atoms with van der Waals surface area (Å²) in [7, 11) is -4.36. The van der Waals surface area contributed by atoms with E-state index in [1.54, 1.807) is 20.8 Å². The molecule has 1 unspecified atom stereocenters. The summed E-state index contributed by atoms with van der Waals surface area (Å²) in [6.45, 7) is 5.32. The van der Waals surface area contributed by atoms with Gasteiger partial charge in [0.15, 0.2) is 4.90 Å². The summed E-state index contributed by atoms with van der Waals surface area (Å²) in [4.78, 5) is 22.5. The van der Waals surface area contributed by atoms with Crippen LogP contribution in [0.1, 0.15) is 26.3 Å². The molecule has 0 spiro atoms. The van der Waals surface area contributed by atoms with Crippen molar-refractivity contribution >= 4 is 21.7 Å². The molecule has 2 N–H and O–H groups in total. The van der Waals surface area contributed by atoms with E-state index in [4.69, 9.17) is 4.74 Å². The summed E-state index contributed by atoms with van der Waals surface area (Å²) in [5.41, 5.74) is -0.467. The van der Waals surface area contributed by atoms with Crippen molar-refractivity contribution in [3.63, 3.8) is 0 Å². The molecule has 2 rings (SSSR count). The van der Waals surface area contributed by atoms with Crippen LogP contribution < -0.4 is 10.0 Å². The number of nitrogens with one attached hydrogen (secondary N) is 2. The number of nitro benzene ring substituents is 1. The Hall–Kier alpha value is -2.82. The molecule has 0 saturated heterocycles. The summed E-state index contributed by atoms with van der Waals surface area (Å²) in [6.07, 6.45) is 0. The number of para-hydroxylation sites is 1. The largest absolute Gasteiger partial charge is 0.459 e. The first-order valence-corrected chi connectivity index (χ1v) is 10.7. The maximum absolute atomic E-state index is 12.8. The second kappa shape index (κ2) is 9.79. The molecule has 0 aliphatic heterocycles. The third-order valence-electron chi connectivity index (χ3n) is 3.86. The Morgan fingerprint density at radius 1 is 1.10 bits per heavy atom. The molecule has 0 radical (unpaired) electrons. The average molecular weight is 436 g/mol. The van der Waals surface area contributed by atoms with E-state index in [0.717, 1.165) is 17.7 Å². The van der Waals surface area contributed by atoms with E-state index in [2.05, 4.69) is 10.0 Å². The van der Waals surface area contributed by atoms with Crippen molar-refractivity contribution in [1.82, 2.24) is 10.0 Å². The molecule has 162 valence electrons. The SMILES string of the molecule is CC(C)(C)OC(=O)C(CNCc1ccccc1)NS(=O)(=O)c1ccccc1[N+](=O)[O-]. The summed E-state index contributed by atoms with van der Waals surface area (Å²) in [5.74, 6) is -0.787. The van der Waals surface area contributed by atoms with Gasteiger partial charge < -0.3 is 10.1 Å². The van der Waals surface area contributed by atoms with Crippen LogP contribution in [0.5, 0.6) is 0 Å². The van der Waals surface area contributed by atoms with E-state index in [-0.39, 0.29) is 6.54 Å². The minimum Gasteiger partial charge on any atom is -0.459 e. The molecule has 0 amide bonds. The predicted molar refractivity (Wildman–Crippen MR) is 111 cm³/mol. The highest BCUT2D eigenvalue weighted by Gasteiger charge is 2.32. The van der Waals surface area contributed by atoms with E-state index < -0.39 is 43.1 Å². The number of carbonyl (C=O) groups excluding carboxylic acids is 1. The van der Waals surface area contributed by atoms with Gasteiger partial charge in [-0.15, -0.1) is 0 Å². The highest BCUT2D eigenvalue weighted by Crippen LogP contribution is 2.23. The highest BCUT2D eigenvalue weighted by atomic mass is 32.2. The standard InChI is InChI=1S/C20H25N3O6S/c1-20(2,3)29-19(24)16(14-21-13-15-9-5-4-6-10-15)22-30(27,28)18-12-8-7-11-17(18)23(25)26/h4-12,16,21-22H,13-14H2,1-3H3. The first kappa shape index (κ1) is 23.5. The molecule has 0 saturated carbocycles. The Morgan fingerprint density at radius 3 is 2.30 bits per heavy atom. The zero-order chi connectivity index (χ0) is 22.4. The second-order valence-corrected chi connectivity index (χ2v) is 9.23. The number of rotatable bonds is 9. The van der Waals surface area contributed by atoms with Crippen molar-refractivity contribution in [2.24, 2.45) is 0 Å². The van der Waals surface area contributed by atoms with Gasteiger partial charge in [0, 0.05) is 19.2 Å². The molecule has 30 heavy (non-hydrogen) atoms. The van der Waals surface area contributed by atoms with Gasteiger partial charge in [-0.3, -0.25) is 14.9 Å². The average Bonchev–Trinajstić information content (AvgIpc) is 2.66. The maximum Gasteiger partial charge on any atom is 0.326 e. The smallest absolute Gasteiger partial charge is 0.326 e. The number of nitrogens with zero attached hydrogens (tertiary/aromatic N) is 1. The van der Waals surface area contributed by atoms with Crippen LogP contribution in [-0.2, 0) is 26.1 Å². The predicted octanol–water partition coefficient (Wildman–Crippen LogP) is 2.37. The van der Waals surface area contributed by atoms with Crippen LogP contribution in [-0.4, -0.2) is 37.5 Å². The normalized spacial score (nSPS) is 12.9. The Kier molecular flexibility index (Phi) is 7.65. The number of ether oxygens (including phenoxy) is 1. The van der Waals surface area contributed by atoms with E-state index >= 15 is 0 Å². The molecule has 0 heterocycles. The van der Waals surface area contributed by atoms with Crippen molar-refractivity contribution in [3.8, 4) is 0 Å². The van der Waals surface area contributed by atoms with Crippen LogP contribution in [0.4, 0.5) is 5.69 Å². The Bertz CT molecular complexity index is 987. The van der Waals surface area contributed by atoms with Crippen molar-refractivity contribution < 1.29 is 22.9 Å². The summed E-state index contributed by atoms with van der Waals surface area (Å²) in [5, 5.41) is 14.2. The second-order valence-electron chi connectivity index (χ2n) is 7.55. The number of esters is 1. The Balaban J connectivity index is 2.23. The van der Waals surface area contributed by atoms with Gasteiger partial charge in [-0.2, -0.15) is 4.72 Å². The Labute approximate surface area is 175 Å². The molecule has 0 aliphatic rings. The van der Waals surface area contributed by atoms with Gasteiger partial charge in [-0.1, -0.05) is 42.5 Å². The fourth-order valence-corrected chi connectivity index (χ4v) is 3.95. The van der Waals surface area contributed by atoms with Gasteiger partial charge in [0.2, 0.25) is 10.0 Å². The van der Waals surface area contributed by atoms with Crippen LogP contribution in [0.15, 0.2) is 59.5 Å². The van der Waals surface area contributed by atoms with Crippen molar-refractivity contribution in [1.29, 1.82) is 0 Å². The fourth-order valence-electron chi connectivity index (χ4n) is 2.59. The summed E-state index contributed by atoms with van der Waals surface area (Å²) in [6, 6.07) is 13.0. The monoisotopic (exact) mass is 435 g/mol. The molecule has 9 nitrogen and oxygen atoms in total. The van der Waals surface area contributed by atoms with Crippen LogP contribution in [0.2, 0.25) is 0 Å². The van der Waals surface area contributed by atoms with Gasteiger partial charge >= 0.3 is 5.97 Å². The van der Waals surface area contributed by atoms with E-state index in [0.29, 0.717) is 6.54 Å². The van der Waals surface area contributed by atoms with Crippen LogP contribution in [0.3, 0.4) is 0 Å².